The molecular weight excluding hydrogens is 371 g/mol. The third kappa shape index (κ3) is 5.50. The highest BCUT2D eigenvalue weighted by Crippen LogP contribution is 2.29. The van der Waals surface area contributed by atoms with Gasteiger partial charge in [-0.05, 0) is 29.8 Å². The number of carbonyl (C=O) groups excluding carboxylic acids is 2. The summed E-state index contributed by atoms with van der Waals surface area (Å²) >= 11 is 0. The molecule has 0 aliphatic carbocycles. The van der Waals surface area contributed by atoms with Crippen LogP contribution in [0, 0.1) is 11.6 Å². The quantitative estimate of drug-likeness (QED) is 0.801. The fourth-order valence-corrected chi connectivity index (χ4v) is 2.22. The summed E-state index contributed by atoms with van der Waals surface area (Å²) in [4.78, 5) is 25.1. The minimum Gasteiger partial charge on any atom is -0.343 e. The van der Waals surface area contributed by atoms with Gasteiger partial charge in [0.25, 0.3) is 5.91 Å². The topological polar surface area (TPSA) is 49.4 Å². The Morgan fingerprint density at radius 1 is 1.04 bits per heavy atom. The lowest BCUT2D eigenvalue weighted by molar-refractivity contribution is -0.137. The molecular formula is C18H15F5N2O2. The van der Waals surface area contributed by atoms with Crippen molar-refractivity contribution in [2.75, 3.05) is 13.6 Å². The summed E-state index contributed by atoms with van der Waals surface area (Å²) in [7, 11) is 1.41. The van der Waals surface area contributed by atoms with Crippen LogP contribution >= 0.6 is 0 Å². The molecule has 2 aromatic carbocycles. The van der Waals surface area contributed by atoms with Crippen molar-refractivity contribution in [2.45, 2.75) is 12.7 Å². The first kappa shape index (κ1) is 20.3. The van der Waals surface area contributed by atoms with E-state index in [4.69, 9.17) is 0 Å². The van der Waals surface area contributed by atoms with E-state index in [0.29, 0.717) is 11.6 Å². The molecule has 0 bridgehead atoms. The van der Waals surface area contributed by atoms with Crippen LogP contribution in [-0.2, 0) is 17.5 Å². The highest BCUT2D eigenvalue weighted by Gasteiger charge is 2.30. The van der Waals surface area contributed by atoms with Gasteiger partial charge in [0.1, 0.15) is 11.6 Å². The van der Waals surface area contributed by atoms with Crippen LogP contribution < -0.4 is 5.32 Å². The van der Waals surface area contributed by atoms with Gasteiger partial charge in [0.15, 0.2) is 0 Å². The Morgan fingerprint density at radius 3 is 2.22 bits per heavy atom. The molecule has 1 N–H and O–H groups in total. The molecule has 0 saturated heterocycles. The minimum absolute atomic E-state index is 0.0255. The van der Waals surface area contributed by atoms with E-state index in [9.17, 15) is 31.5 Å². The van der Waals surface area contributed by atoms with E-state index >= 15 is 0 Å². The SMILES string of the molecule is CN(Cc1ccc(C(F)(F)F)cc1)C(=O)CNC(=O)c1ccc(F)cc1F. The molecule has 0 aliphatic heterocycles. The molecule has 0 unspecified atom stereocenters. The van der Waals surface area contributed by atoms with Crippen LogP contribution in [-0.4, -0.2) is 30.3 Å². The molecule has 2 aromatic rings. The summed E-state index contributed by atoms with van der Waals surface area (Å²) in [5, 5.41) is 2.21. The Morgan fingerprint density at radius 2 is 1.67 bits per heavy atom. The number of hydrogen-bond acceptors (Lipinski definition) is 2. The zero-order valence-corrected chi connectivity index (χ0v) is 14.1. The van der Waals surface area contributed by atoms with Crippen molar-refractivity contribution >= 4 is 11.8 Å². The van der Waals surface area contributed by atoms with Crippen molar-refractivity contribution in [2.24, 2.45) is 0 Å². The largest absolute Gasteiger partial charge is 0.416 e. The molecule has 2 rings (SSSR count). The van der Waals surface area contributed by atoms with Crippen molar-refractivity contribution in [3.8, 4) is 0 Å². The molecule has 2 amide bonds. The van der Waals surface area contributed by atoms with Crippen LogP contribution in [0.15, 0.2) is 42.5 Å². The fraction of sp³-hybridized carbons (Fsp3) is 0.222. The van der Waals surface area contributed by atoms with Crippen LogP contribution in [0.3, 0.4) is 0 Å². The Bertz CT molecular complexity index is 835. The highest BCUT2D eigenvalue weighted by molar-refractivity contribution is 5.96. The van der Waals surface area contributed by atoms with Crippen LogP contribution in [0.2, 0.25) is 0 Å². The maximum Gasteiger partial charge on any atom is 0.416 e. The number of nitrogens with one attached hydrogen (secondary N) is 1. The molecule has 9 heteroatoms. The monoisotopic (exact) mass is 386 g/mol. The van der Waals surface area contributed by atoms with E-state index in [1.807, 2.05) is 0 Å². The minimum atomic E-state index is -4.44. The second-order valence-electron chi connectivity index (χ2n) is 5.75. The third-order valence-electron chi connectivity index (χ3n) is 3.70. The molecule has 0 heterocycles. The zero-order valence-electron chi connectivity index (χ0n) is 14.1. The molecule has 0 radical (unpaired) electrons. The third-order valence-corrected chi connectivity index (χ3v) is 3.70. The molecule has 0 atom stereocenters. The van der Waals surface area contributed by atoms with Gasteiger partial charge in [-0.3, -0.25) is 9.59 Å². The van der Waals surface area contributed by atoms with E-state index in [0.717, 1.165) is 24.3 Å². The van der Waals surface area contributed by atoms with Crippen LogP contribution in [0.4, 0.5) is 22.0 Å². The van der Waals surface area contributed by atoms with Gasteiger partial charge in [-0.1, -0.05) is 12.1 Å². The maximum absolute atomic E-state index is 13.5. The number of alkyl halides is 3. The van der Waals surface area contributed by atoms with Crippen molar-refractivity contribution in [3.05, 3.63) is 70.8 Å². The molecule has 0 spiro atoms. The zero-order chi connectivity index (χ0) is 20.2. The molecule has 144 valence electrons. The van der Waals surface area contributed by atoms with Crippen molar-refractivity contribution < 1.29 is 31.5 Å². The number of nitrogens with zero attached hydrogens (tertiary/aromatic N) is 1. The maximum atomic E-state index is 13.5. The molecule has 0 saturated carbocycles. The van der Waals surface area contributed by atoms with Crippen LogP contribution in [0.1, 0.15) is 21.5 Å². The molecule has 4 nitrogen and oxygen atoms in total. The average Bonchev–Trinajstić information content (AvgIpc) is 2.59. The standard InChI is InChI=1S/C18H15F5N2O2/c1-25(10-11-2-4-12(5-3-11)18(21,22)23)16(26)9-24-17(27)14-7-6-13(19)8-15(14)20/h2-8H,9-10H2,1H3,(H,24,27). The number of amides is 2. The van der Waals surface area contributed by atoms with Crippen LogP contribution in [0.25, 0.3) is 0 Å². The predicted molar refractivity (Wildman–Crippen MR) is 86.6 cm³/mol. The summed E-state index contributed by atoms with van der Waals surface area (Å²) in [6, 6.07) is 6.73. The Hall–Kier alpha value is -2.97. The fourth-order valence-electron chi connectivity index (χ4n) is 2.22. The van der Waals surface area contributed by atoms with E-state index in [1.54, 1.807) is 0 Å². The van der Waals surface area contributed by atoms with Gasteiger partial charge in [-0.15, -0.1) is 0 Å². The predicted octanol–water partition coefficient (Wildman–Crippen LogP) is 3.37. The Kier molecular flexibility index (Phi) is 6.14. The first-order chi connectivity index (χ1) is 12.6. The lowest BCUT2D eigenvalue weighted by Crippen LogP contribution is -2.38. The number of likely N-dealkylation sites (N-methyl/N-ethyl adjacent to an activating group) is 1. The summed E-state index contributed by atoms with van der Waals surface area (Å²) in [5.74, 6) is -3.32. The van der Waals surface area contributed by atoms with Gasteiger partial charge in [0, 0.05) is 19.7 Å². The number of hydrogen-bond donors (Lipinski definition) is 1. The Balaban J connectivity index is 1.91. The number of benzene rings is 2. The lowest BCUT2D eigenvalue weighted by Gasteiger charge is -2.18. The summed E-state index contributed by atoms with van der Waals surface area (Å²) in [6.45, 7) is -0.426. The van der Waals surface area contributed by atoms with E-state index in [-0.39, 0.29) is 6.54 Å². The summed E-state index contributed by atoms with van der Waals surface area (Å²) in [5.41, 5.74) is -0.738. The molecule has 0 aromatic heterocycles. The number of halogens is 5. The molecule has 0 aliphatic rings. The van der Waals surface area contributed by atoms with Gasteiger partial charge in [0.05, 0.1) is 17.7 Å². The van der Waals surface area contributed by atoms with Gasteiger partial charge in [-0.25, -0.2) is 8.78 Å². The van der Waals surface area contributed by atoms with E-state index in [1.165, 1.54) is 24.1 Å². The van der Waals surface area contributed by atoms with Gasteiger partial charge >= 0.3 is 6.18 Å². The Labute approximate surface area is 151 Å². The van der Waals surface area contributed by atoms with Gasteiger partial charge < -0.3 is 10.2 Å². The average molecular weight is 386 g/mol. The molecule has 0 fully saturated rings. The highest BCUT2D eigenvalue weighted by atomic mass is 19.4. The number of rotatable bonds is 5. The molecule has 27 heavy (non-hydrogen) atoms. The van der Waals surface area contributed by atoms with Crippen molar-refractivity contribution in [1.82, 2.24) is 10.2 Å². The van der Waals surface area contributed by atoms with E-state index in [2.05, 4.69) is 5.32 Å². The van der Waals surface area contributed by atoms with Crippen LogP contribution in [0.5, 0.6) is 0 Å². The first-order valence-corrected chi connectivity index (χ1v) is 7.71. The lowest BCUT2D eigenvalue weighted by atomic mass is 10.1. The van der Waals surface area contributed by atoms with Gasteiger partial charge in [0.2, 0.25) is 5.91 Å². The van der Waals surface area contributed by atoms with Crippen molar-refractivity contribution in [3.63, 3.8) is 0 Å². The summed E-state index contributed by atoms with van der Waals surface area (Å²) < 4.78 is 63.9. The van der Waals surface area contributed by atoms with Gasteiger partial charge in [-0.2, -0.15) is 13.2 Å². The van der Waals surface area contributed by atoms with Crippen molar-refractivity contribution in [1.29, 1.82) is 0 Å². The summed E-state index contributed by atoms with van der Waals surface area (Å²) in [6.07, 6.45) is -4.44. The second-order valence-corrected chi connectivity index (χ2v) is 5.75. The normalized spacial score (nSPS) is 11.2. The smallest absolute Gasteiger partial charge is 0.343 e. The second kappa shape index (κ2) is 8.15. The van der Waals surface area contributed by atoms with E-state index < -0.39 is 47.3 Å². The number of carbonyl (C=O) groups is 2. The first-order valence-electron chi connectivity index (χ1n) is 7.71.